The standard InChI is InChI=1S/C20H30N4O4/c25-19(21-6-8-23-10-13-27-14-11-23)20(26)22-7-9-24-12-15-28-18(16-24)17-4-2-1-3-5-17/h1-5,18H,6-16H2,(H,21,25)(H,22,26)/t18-/m0/s1. The molecule has 2 saturated heterocycles. The van der Waals surface area contributed by atoms with Crippen molar-refractivity contribution in [2.24, 2.45) is 0 Å². The molecule has 0 radical (unpaired) electrons. The highest BCUT2D eigenvalue weighted by atomic mass is 16.5. The van der Waals surface area contributed by atoms with Crippen LogP contribution in [0.4, 0.5) is 0 Å². The Hall–Kier alpha value is -2.00. The molecule has 8 nitrogen and oxygen atoms in total. The first kappa shape index (κ1) is 20.7. The minimum atomic E-state index is -0.574. The topological polar surface area (TPSA) is 83.1 Å². The van der Waals surface area contributed by atoms with Crippen LogP contribution in [-0.4, -0.2) is 93.8 Å². The Kier molecular flexibility index (Phi) is 8.23. The van der Waals surface area contributed by atoms with Crippen molar-refractivity contribution in [1.82, 2.24) is 20.4 Å². The van der Waals surface area contributed by atoms with Gasteiger partial charge in [-0.2, -0.15) is 0 Å². The number of nitrogens with one attached hydrogen (secondary N) is 2. The Bertz CT molecular complexity index is 622. The second-order valence-corrected chi connectivity index (χ2v) is 7.04. The molecule has 2 aliphatic rings. The molecule has 1 atom stereocenters. The molecule has 3 rings (SSSR count). The van der Waals surface area contributed by atoms with Crippen molar-refractivity contribution < 1.29 is 19.1 Å². The van der Waals surface area contributed by atoms with E-state index < -0.39 is 11.8 Å². The van der Waals surface area contributed by atoms with Gasteiger partial charge in [0.05, 0.1) is 25.9 Å². The quantitative estimate of drug-likeness (QED) is 0.618. The largest absolute Gasteiger partial charge is 0.379 e. The number of amides is 2. The molecule has 1 aromatic rings. The summed E-state index contributed by atoms with van der Waals surface area (Å²) in [5, 5.41) is 5.39. The fraction of sp³-hybridized carbons (Fsp3) is 0.600. The number of carbonyl (C=O) groups excluding carboxylic acids is 2. The lowest BCUT2D eigenvalue weighted by Gasteiger charge is -2.33. The Labute approximate surface area is 166 Å². The van der Waals surface area contributed by atoms with Crippen LogP contribution < -0.4 is 10.6 Å². The maximum Gasteiger partial charge on any atom is 0.309 e. The molecule has 2 amide bonds. The molecule has 2 N–H and O–H groups in total. The fourth-order valence-corrected chi connectivity index (χ4v) is 3.42. The Morgan fingerprint density at radius 3 is 2.18 bits per heavy atom. The van der Waals surface area contributed by atoms with Crippen molar-refractivity contribution in [2.45, 2.75) is 6.10 Å². The lowest BCUT2D eigenvalue weighted by atomic mass is 10.1. The molecule has 0 unspecified atom stereocenters. The SMILES string of the molecule is O=C(NCCN1CCOCC1)C(=O)NCCN1CCO[C@H](c2ccccc2)C1. The van der Waals surface area contributed by atoms with Crippen molar-refractivity contribution in [3.05, 3.63) is 35.9 Å². The molecule has 0 aliphatic carbocycles. The van der Waals surface area contributed by atoms with Gasteiger partial charge in [0.2, 0.25) is 0 Å². The summed E-state index contributed by atoms with van der Waals surface area (Å²) in [5.74, 6) is -1.15. The number of morpholine rings is 2. The van der Waals surface area contributed by atoms with Crippen LogP contribution in [-0.2, 0) is 19.1 Å². The normalized spacial score (nSPS) is 21.2. The second-order valence-electron chi connectivity index (χ2n) is 7.04. The summed E-state index contributed by atoms with van der Waals surface area (Å²) in [6, 6.07) is 10.1. The van der Waals surface area contributed by atoms with Crippen molar-refractivity contribution in [3.63, 3.8) is 0 Å². The lowest BCUT2D eigenvalue weighted by Crippen LogP contribution is -2.47. The van der Waals surface area contributed by atoms with E-state index in [0.29, 0.717) is 26.2 Å². The maximum atomic E-state index is 12.0. The summed E-state index contributed by atoms with van der Waals surface area (Å²) in [4.78, 5) is 28.3. The van der Waals surface area contributed by atoms with Crippen LogP contribution in [0.2, 0.25) is 0 Å². The summed E-state index contributed by atoms with van der Waals surface area (Å²) in [5.41, 5.74) is 1.16. The zero-order valence-corrected chi connectivity index (χ0v) is 16.3. The van der Waals surface area contributed by atoms with E-state index in [1.54, 1.807) is 0 Å². The summed E-state index contributed by atoms with van der Waals surface area (Å²) in [6.45, 7) is 7.79. The van der Waals surface area contributed by atoms with E-state index in [0.717, 1.165) is 51.5 Å². The highest BCUT2D eigenvalue weighted by molar-refractivity contribution is 6.35. The summed E-state index contributed by atoms with van der Waals surface area (Å²) >= 11 is 0. The molecule has 0 spiro atoms. The van der Waals surface area contributed by atoms with Crippen molar-refractivity contribution in [2.75, 3.05) is 72.2 Å². The van der Waals surface area contributed by atoms with Crippen molar-refractivity contribution in [3.8, 4) is 0 Å². The predicted molar refractivity (Wildman–Crippen MR) is 105 cm³/mol. The number of ether oxygens (including phenoxy) is 2. The molecule has 28 heavy (non-hydrogen) atoms. The third-order valence-electron chi connectivity index (χ3n) is 5.06. The summed E-state index contributed by atoms with van der Waals surface area (Å²) in [7, 11) is 0. The first-order chi connectivity index (χ1) is 13.7. The number of benzene rings is 1. The number of rotatable bonds is 7. The van der Waals surface area contributed by atoms with Gasteiger partial charge in [-0.1, -0.05) is 30.3 Å². The van der Waals surface area contributed by atoms with Gasteiger partial charge in [0.15, 0.2) is 0 Å². The van der Waals surface area contributed by atoms with Crippen LogP contribution in [0.5, 0.6) is 0 Å². The van der Waals surface area contributed by atoms with Crippen LogP contribution in [0.3, 0.4) is 0 Å². The van der Waals surface area contributed by atoms with Gasteiger partial charge in [-0.05, 0) is 5.56 Å². The molecule has 2 aliphatic heterocycles. The number of nitrogens with zero attached hydrogens (tertiary/aromatic N) is 2. The first-order valence-corrected chi connectivity index (χ1v) is 9.97. The van der Waals surface area contributed by atoms with E-state index in [-0.39, 0.29) is 6.10 Å². The molecule has 2 fully saturated rings. The minimum absolute atomic E-state index is 0.0501. The average Bonchev–Trinajstić information content (AvgIpc) is 2.75. The van der Waals surface area contributed by atoms with Gasteiger partial charge in [-0.25, -0.2) is 0 Å². The van der Waals surface area contributed by atoms with Crippen LogP contribution >= 0.6 is 0 Å². The number of hydrogen-bond acceptors (Lipinski definition) is 6. The predicted octanol–water partition coefficient (Wildman–Crippen LogP) is -0.375. The smallest absolute Gasteiger partial charge is 0.309 e. The highest BCUT2D eigenvalue weighted by Gasteiger charge is 2.22. The van der Waals surface area contributed by atoms with E-state index in [4.69, 9.17) is 9.47 Å². The Balaban J connectivity index is 1.30. The molecule has 154 valence electrons. The van der Waals surface area contributed by atoms with Gasteiger partial charge in [0, 0.05) is 52.4 Å². The molecule has 2 heterocycles. The van der Waals surface area contributed by atoms with Gasteiger partial charge < -0.3 is 20.1 Å². The van der Waals surface area contributed by atoms with Crippen molar-refractivity contribution in [1.29, 1.82) is 0 Å². The molecule has 0 saturated carbocycles. The van der Waals surface area contributed by atoms with Gasteiger partial charge in [-0.15, -0.1) is 0 Å². The zero-order valence-electron chi connectivity index (χ0n) is 16.3. The molecular weight excluding hydrogens is 360 g/mol. The zero-order chi connectivity index (χ0) is 19.6. The average molecular weight is 390 g/mol. The van der Waals surface area contributed by atoms with Gasteiger partial charge >= 0.3 is 11.8 Å². The van der Waals surface area contributed by atoms with Crippen LogP contribution in [0.25, 0.3) is 0 Å². The fourth-order valence-electron chi connectivity index (χ4n) is 3.42. The van der Waals surface area contributed by atoms with E-state index in [2.05, 4.69) is 32.6 Å². The van der Waals surface area contributed by atoms with Crippen LogP contribution in [0.1, 0.15) is 11.7 Å². The number of hydrogen-bond donors (Lipinski definition) is 2. The van der Waals surface area contributed by atoms with E-state index in [1.165, 1.54) is 0 Å². The minimum Gasteiger partial charge on any atom is -0.379 e. The Morgan fingerprint density at radius 1 is 0.893 bits per heavy atom. The monoisotopic (exact) mass is 390 g/mol. The molecule has 0 bridgehead atoms. The summed E-state index contributed by atoms with van der Waals surface area (Å²) in [6.07, 6.45) is 0.0501. The Morgan fingerprint density at radius 2 is 1.50 bits per heavy atom. The van der Waals surface area contributed by atoms with Crippen LogP contribution in [0, 0.1) is 0 Å². The molecular formula is C20H30N4O4. The second kappa shape index (κ2) is 11.1. The summed E-state index contributed by atoms with van der Waals surface area (Å²) < 4.78 is 11.1. The molecule has 8 heteroatoms. The van der Waals surface area contributed by atoms with Crippen LogP contribution in [0.15, 0.2) is 30.3 Å². The molecule has 0 aromatic heterocycles. The number of carbonyl (C=O) groups is 2. The van der Waals surface area contributed by atoms with Gasteiger partial charge in [-0.3, -0.25) is 19.4 Å². The third-order valence-corrected chi connectivity index (χ3v) is 5.06. The maximum absolute atomic E-state index is 12.0. The highest BCUT2D eigenvalue weighted by Crippen LogP contribution is 2.21. The van der Waals surface area contributed by atoms with E-state index >= 15 is 0 Å². The van der Waals surface area contributed by atoms with E-state index in [9.17, 15) is 9.59 Å². The van der Waals surface area contributed by atoms with Crippen molar-refractivity contribution >= 4 is 11.8 Å². The first-order valence-electron chi connectivity index (χ1n) is 9.97. The van der Waals surface area contributed by atoms with Gasteiger partial charge in [0.1, 0.15) is 0 Å². The van der Waals surface area contributed by atoms with Gasteiger partial charge in [0.25, 0.3) is 0 Å². The lowest BCUT2D eigenvalue weighted by molar-refractivity contribution is -0.139. The molecule has 1 aromatic carbocycles. The third kappa shape index (κ3) is 6.56. The van der Waals surface area contributed by atoms with E-state index in [1.807, 2.05) is 18.2 Å².